The van der Waals surface area contributed by atoms with Crippen LogP contribution in [0, 0.1) is 17.3 Å². The topological polar surface area (TPSA) is 148 Å². The number of ketones is 1. The van der Waals surface area contributed by atoms with Gasteiger partial charge >= 0.3 is 0 Å². The third kappa shape index (κ3) is 9.30. The second kappa shape index (κ2) is 11.4. The van der Waals surface area contributed by atoms with Gasteiger partial charge in [-0.05, 0) is 31.7 Å². The first-order chi connectivity index (χ1) is 12.3. The summed E-state index contributed by atoms with van der Waals surface area (Å²) in [6.07, 6.45) is -0.293. The lowest BCUT2D eigenvalue weighted by molar-refractivity contribution is -0.135. The highest BCUT2D eigenvalue weighted by atomic mass is 16.3. The van der Waals surface area contributed by atoms with Gasteiger partial charge in [0.25, 0.3) is 0 Å². The third-order valence-corrected chi connectivity index (χ3v) is 4.26. The molecule has 8 heteroatoms. The Kier molecular flexibility index (Phi) is 10.7. The smallest absolute Gasteiger partial charge is 0.245 e. The van der Waals surface area contributed by atoms with Crippen LogP contribution in [0.3, 0.4) is 0 Å². The maximum absolute atomic E-state index is 12.6. The van der Waals surface area contributed by atoms with Crippen molar-refractivity contribution in [3.05, 3.63) is 0 Å². The Balaban J connectivity index is 5.21. The molecule has 8 nitrogen and oxygen atoms in total. The molecule has 0 unspecified atom stereocenters. The molecule has 27 heavy (non-hydrogen) atoms. The Hall–Kier alpha value is -1.51. The molecule has 0 radical (unpaired) electrons. The SMILES string of the molecule is CC(C)C(=O)[C@H](CCN)NC(=O)[C@@H](NC(=O)[C@H](CN)CC(C)(C)C)[C@H](C)O. The molecule has 158 valence electrons. The molecule has 0 saturated carbocycles. The van der Waals surface area contributed by atoms with E-state index in [4.69, 9.17) is 11.5 Å². The fraction of sp³-hybridized carbons (Fsp3) is 0.842. The van der Waals surface area contributed by atoms with E-state index in [9.17, 15) is 19.5 Å². The molecular weight excluding hydrogens is 348 g/mol. The van der Waals surface area contributed by atoms with Crippen LogP contribution in [-0.2, 0) is 14.4 Å². The van der Waals surface area contributed by atoms with Crippen molar-refractivity contribution in [1.82, 2.24) is 10.6 Å². The average Bonchev–Trinajstić information content (AvgIpc) is 2.54. The molecule has 0 aliphatic rings. The van der Waals surface area contributed by atoms with Crippen molar-refractivity contribution in [2.75, 3.05) is 13.1 Å². The molecular formula is C19H38N4O4. The van der Waals surface area contributed by atoms with Gasteiger partial charge in [-0.25, -0.2) is 0 Å². The van der Waals surface area contributed by atoms with E-state index in [1.54, 1.807) is 13.8 Å². The second-order valence-electron chi connectivity index (χ2n) is 8.62. The van der Waals surface area contributed by atoms with Crippen LogP contribution < -0.4 is 22.1 Å². The number of rotatable bonds is 11. The molecule has 0 bridgehead atoms. The molecule has 0 rings (SSSR count). The van der Waals surface area contributed by atoms with E-state index in [1.807, 2.05) is 20.8 Å². The van der Waals surface area contributed by atoms with E-state index in [1.165, 1.54) is 6.92 Å². The van der Waals surface area contributed by atoms with Gasteiger partial charge in [-0.2, -0.15) is 0 Å². The van der Waals surface area contributed by atoms with E-state index in [-0.39, 0.29) is 36.1 Å². The summed E-state index contributed by atoms with van der Waals surface area (Å²) in [6.45, 7) is 11.3. The number of carbonyl (C=O) groups excluding carboxylic acids is 3. The number of carbonyl (C=O) groups is 3. The fourth-order valence-electron chi connectivity index (χ4n) is 2.81. The predicted octanol–water partition coefficient (Wildman–Crippen LogP) is -0.0782. The van der Waals surface area contributed by atoms with Crippen molar-refractivity contribution in [3.8, 4) is 0 Å². The predicted molar refractivity (Wildman–Crippen MR) is 106 cm³/mol. The van der Waals surface area contributed by atoms with Gasteiger partial charge in [0.1, 0.15) is 6.04 Å². The molecule has 0 aliphatic carbocycles. The van der Waals surface area contributed by atoms with Crippen molar-refractivity contribution >= 4 is 17.6 Å². The van der Waals surface area contributed by atoms with Gasteiger partial charge in [-0.15, -0.1) is 0 Å². The average molecular weight is 387 g/mol. The summed E-state index contributed by atoms with van der Waals surface area (Å²) in [5, 5.41) is 15.2. The quantitative estimate of drug-likeness (QED) is 0.335. The van der Waals surface area contributed by atoms with Gasteiger partial charge in [0.2, 0.25) is 11.8 Å². The highest BCUT2D eigenvalue weighted by Crippen LogP contribution is 2.24. The Morgan fingerprint density at radius 1 is 1.00 bits per heavy atom. The monoisotopic (exact) mass is 386 g/mol. The first-order valence-corrected chi connectivity index (χ1v) is 9.56. The lowest BCUT2D eigenvalue weighted by Gasteiger charge is -2.28. The molecule has 4 atom stereocenters. The summed E-state index contributed by atoms with van der Waals surface area (Å²) in [6, 6.07) is -1.92. The number of Topliss-reactive ketones (excluding diaryl/α,β-unsaturated/α-hetero) is 1. The highest BCUT2D eigenvalue weighted by molar-refractivity contribution is 5.94. The van der Waals surface area contributed by atoms with Crippen LogP contribution in [0.15, 0.2) is 0 Å². The summed E-state index contributed by atoms with van der Waals surface area (Å²) < 4.78 is 0. The summed E-state index contributed by atoms with van der Waals surface area (Å²) in [4.78, 5) is 37.4. The third-order valence-electron chi connectivity index (χ3n) is 4.26. The van der Waals surface area contributed by atoms with Crippen LogP contribution >= 0.6 is 0 Å². The number of aliphatic hydroxyl groups excluding tert-OH is 1. The summed E-state index contributed by atoms with van der Waals surface area (Å²) >= 11 is 0. The normalized spacial score (nSPS) is 16.4. The van der Waals surface area contributed by atoms with Crippen LogP contribution in [0.1, 0.15) is 54.4 Å². The van der Waals surface area contributed by atoms with Crippen LogP contribution in [0.2, 0.25) is 0 Å². The van der Waals surface area contributed by atoms with Gasteiger partial charge in [-0.1, -0.05) is 34.6 Å². The standard InChI is InChI=1S/C19H38N4O4/c1-11(2)16(25)14(7-8-20)22-18(27)15(12(3)24)23-17(26)13(10-21)9-19(4,5)6/h11-15,24H,7-10,20-21H2,1-6H3,(H,22,27)(H,23,26)/t12-,13-,14-,15-/m0/s1. The molecule has 0 aromatic carbocycles. The zero-order valence-corrected chi connectivity index (χ0v) is 17.5. The lowest BCUT2D eigenvalue weighted by Crippen LogP contribution is -2.57. The molecule has 0 saturated heterocycles. The Bertz CT molecular complexity index is 500. The summed E-state index contributed by atoms with van der Waals surface area (Å²) in [5.41, 5.74) is 11.1. The van der Waals surface area contributed by atoms with Crippen LogP contribution in [0.5, 0.6) is 0 Å². The lowest BCUT2D eigenvalue weighted by atomic mass is 9.84. The van der Waals surface area contributed by atoms with Gasteiger partial charge < -0.3 is 27.2 Å². The van der Waals surface area contributed by atoms with E-state index < -0.39 is 30.0 Å². The number of nitrogens with two attached hydrogens (primary N) is 2. The molecule has 0 heterocycles. The fourth-order valence-corrected chi connectivity index (χ4v) is 2.81. The molecule has 0 aromatic rings. The molecule has 0 aliphatic heterocycles. The Labute approximate surface area is 162 Å². The number of hydrogen-bond acceptors (Lipinski definition) is 6. The zero-order chi connectivity index (χ0) is 21.4. The van der Waals surface area contributed by atoms with Gasteiger partial charge in [-0.3, -0.25) is 14.4 Å². The van der Waals surface area contributed by atoms with E-state index in [2.05, 4.69) is 10.6 Å². The van der Waals surface area contributed by atoms with Gasteiger partial charge in [0.05, 0.1) is 18.1 Å². The highest BCUT2D eigenvalue weighted by Gasteiger charge is 2.32. The first-order valence-electron chi connectivity index (χ1n) is 9.56. The van der Waals surface area contributed by atoms with Crippen LogP contribution in [-0.4, -0.2) is 54.0 Å². The van der Waals surface area contributed by atoms with Crippen molar-refractivity contribution in [2.24, 2.45) is 28.7 Å². The van der Waals surface area contributed by atoms with Gasteiger partial charge in [0, 0.05) is 12.5 Å². The molecule has 2 amide bonds. The molecule has 0 aromatic heterocycles. The van der Waals surface area contributed by atoms with E-state index in [0.29, 0.717) is 12.8 Å². The largest absolute Gasteiger partial charge is 0.391 e. The molecule has 0 fully saturated rings. The van der Waals surface area contributed by atoms with Crippen molar-refractivity contribution < 1.29 is 19.5 Å². The minimum absolute atomic E-state index is 0.111. The maximum Gasteiger partial charge on any atom is 0.245 e. The van der Waals surface area contributed by atoms with Crippen molar-refractivity contribution in [3.63, 3.8) is 0 Å². The second-order valence-corrected chi connectivity index (χ2v) is 8.62. The molecule has 7 N–H and O–H groups in total. The Morgan fingerprint density at radius 2 is 1.56 bits per heavy atom. The number of amides is 2. The maximum atomic E-state index is 12.6. The van der Waals surface area contributed by atoms with Crippen molar-refractivity contribution in [2.45, 2.75) is 72.6 Å². The zero-order valence-electron chi connectivity index (χ0n) is 17.5. The minimum atomic E-state index is -1.17. The minimum Gasteiger partial charge on any atom is -0.391 e. The van der Waals surface area contributed by atoms with E-state index in [0.717, 1.165) is 0 Å². The summed E-state index contributed by atoms with van der Waals surface area (Å²) in [7, 11) is 0. The number of aliphatic hydroxyl groups is 1. The summed E-state index contributed by atoms with van der Waals surface area (Å²) in [5.74, 6) is -1.89. The van der Waals surface area contributed by atoms with Crippen LogP contribution in [0.25, 0.3) is 0 Å². The molecule has 0 spiro atoms. The Morgan fingerprint density at radius 3 is 1.93 bits per heavy atom. The van der Waals surface area contributed by atoms with Gasteiger partial charge in [0.15, 0.2) is 5.78 Å². The number of nitrogens with one attached hydrogen (secondary N) is 2. The number of hydrogen-bond donors (Lipinski definition) is 5. The van der Waals surface area contributed by atoms with Crippen molar-refractivity contribution in [1.29, 1.82) is 0 Å². The first kappa shape index (κ1) is 25.5. The van der Waals surface area contributed by atoms with E-state index >= 15 is 0 Å². The van der Waals surface area contributed by atoms with Crippen LogP contribution in [0.4, 0.5) is 0 Å².